The summed E-state index contributed by atoms with van der Waals surface area (Å²) < 4.78 is 50.3. The van der Waals surface area contributed by atoms with E-state index in [0.29, 0.717) is 13.0 Å². The first-order chi connectivity index (χ1) is 13.1. The van der Waals surface area contributed by atoms with Crippen LogP contribution in [-0.4, -0.2) is 62.0 Å². The third-order valence-electron chi connectivity index (χ3n) is 3.39. The van der Waals surface area contributed by atoms with Gasteiger partial charge in [0.1, 0.15) is 11.8 Å². The Hall–Kier alpha value is -1.08. The normalized spacial score (nSPS) is 13.9. The zero-order chi connectivity index (χ0) is 23.7. The molecule has 8 N–H and O–H groups in total. The molecule has 178 valence electrons. The van der Waals surface area contributed by atoms with Crippen LogP contribution < -0.4 is 11.5 Å². The van der Waals surface area contributed by atoms with E-state index in [1.54, 1.807) is 6.92 Å². The quantitative estimate of drug-likeness (QED) is 0.257. The van der Waals surface area contributed by atoms with Gasteiger partial charge >= 0.3 is 18.1 Å². The van der Waals surface area contributed by atoms with Crippen molar-refractivity contribution in [2.24, 2.45) is 17.4 Å². The molecule has 29 heavy (non-hydrogen) atoms. The van der Waals surface area contributed by atoms with Crippen molar-refractivity contribution in [3.63, 3.8) is 0 Å². The predicted molar refractivity (Wildman–Crippen MR) is 109 cm³/mol. The Morgan fingerprint density at radius 3 is 1.76 bits per heavy atom. The van der Waals surface area contributed by atoms with Crippen LogP contribution in [0.2, 0.25) is 0 Å². The van der Waals surface area contributed by atoms with Crippen LogP contribution in [0.25, 0.3) is 0 Å². The van der Waals surface area contributed by atoms with Crippen LogP contribution in [0.15, 0.2) is 0 Å². The first kappa shape index (κ1) is 32.6. The zero-order valence-electron chi connectivity index (χ0n) is 17.3. The molecule has 0 aliphatic carbocycles. The maximum atomic E-state index is 11.3. The Balaban J connectivity index is -0.000000350. The molecule has 0 bridgehead atoms. The number of carbonyl (C=O) groups is 2. The van der Waals surface area contributed by atoms with E-state index in [-0.39, 0.29) is 5.92 Å². The fourth-order valence-electron chi connectivity index (χ4n) is 1.77. The van der Waals surface area contributed by atoms with Gasteiger partial charge in [-0.3, -0.25) is 18.7 Å². The summed E-state index contributed by atoms with van der Waals surface area (Å²) in [4.78, 5) is 20.4. The van der Waals surface area contributed by atoms with Crippen molar-refractivity contribution in [2.45, 2.75) is 71.0 Å². The van der Waals surface area contributed by atoms with E-state index in [9.17, 15) is 22.8 Å². The lowest BCUT2D eigenvalue weighted by atomic mass is 10.0. The minimum absolute atomic E-state index is 0.161. The lowest BCUT2D eigenvalue weighted by Gasteiger charge is -2.27. The topological polar surface area (TPSA) is 167 Å². The number of carboxylic acids is 2. The molecule has 0 spiro atoms. The Bertz CT molecular complexity index is 396. The molecule has 0 rings (SSSR count). The molecule has 2 unspecified atom stereocenters. The zero-order valence-corrected chi connectivity index (χ0v) is 18.1. The second kappa shape index (κ2) is 17.8. The largest absolute Gasteiger partial charge is 0.481 e. The predicted octanol–water partition coefficient (Wildman–Crippen LogP) is 3.74. The number of alkyl halides is 3. The molecule has 0 radical (unpaired) electrons. The van der Waals surface area contributed by atoms with Crippen LogP contribution in [-0.2, 0) is 9.59 Å². The molecule has 0 aromatic carbocycles. The summed E-state index contributed by atoms with van der Waals surface area (Å²) in [5.74, 6) is -3.28. The van der Waals surface area contributed by atoms with Gasteiger partial charge in [-0.15, -0.1) is 0 Å². The van der Waals surface area contributed by atoms with Gasteiger partial charge in [0.05, 0.1) is 5.92 Å². The number of aliphatic carboxylic acids is 2. The SMILES string of the molecule is CCCCCC(C)C(=O)O.CS(O)(O)CC(F)(F)F.NCCCCC(N)C(=O)O. The monoisotopic (exact) mass is 454 g/mol. The van der Waals surface area contributed by atoms with Gasteiger partial charge in [-0.1, -0.05) is 39.5 Å². The lowest BCUT2D eigenvalue weighted by Crippen LogP contribution is -2.29. The van der Waals surface area contributed by atoms with Gasteiger partial charge in [0.15, 0.2) is 0 Å². The van der Waals surface area contributed by atoms with Crippen molar-refractivity contribution in [1.82, 2.24) is 0 Å². The number of hydrogen-bond acceptors (Lipinski definition) is 6. The summed E-state index contributed by atoms with van der Waals surface area (Å²) in [6.45, 7) is 4.48. The van der Waals surface area contributed by atoms with Gasteiger partial charge in [-0.25, -0.2) is 0 Å². The fraction of sp³-hybridized carbons (Fsp3) is 0.882. The summed E-state index contributed by atoms with van der Waals surface area (Å²) in [5.41, 5.74) is 10.4. The molecule has 2 atom stereocenters. The molecule has 0 aliphatic heterocycles. The second-order valence-corrected chi connectivity index (χ2v) is 8.99. The number of carboxylic acid groups (broad SMARTS) is 2. The van der Waals surface area contributed by atoms with E-state index in [1.165, 1.54) is 0 Å². The van der Waals surface area contributed by atoms with Crippen molar-refractivity contribution < 1.29 is 42.1 Å². The number of rotatable bonds is 11. The highest BCUT2D eigenvalue weighted by Gasteiger charge is 2.32. The summed E-state index contributed by atoms with van der Waals surface area (Å²) in [7, 11) is -3.41. The van der Waals surface area contributed by atoms with Crippen LogP contribution in [0.3, 0.4) is 0 Å². The van der Waals surface area contributed by atoms with Crippen molar-refractivity contribution >= 4 is 22.5 Å². The third kappa shape index (κ3) is 31.8. The van der Waals surface area contributed by atoms with Crippen molar-refractivity contribution in [1.29, 1.82) is 0 Å². The molecular formula is C17H37F3N2O6S. The van der Waals surface area contributed by atoms with Crippen LogP contribution in [0.5, 0.6) is 0 Å². The standard InChI is InChI=1S/C8H16O2.C6H14N2O2.C3H7F3O2S/c1-3-4-5-6-7(2)8(9)10;7-4-2-1-3-5(8)6(9)10;1-9(7,8)2-3(4,5)6/h7H,3-6H2,1-2H3,(H,9,10);5H,1-4,7-8H2,(H,9,10);7-8H,2H2,1H3. The van der Waals surface area contributed by atoms with Crippen molar-refractivity contribution in [2.75, 3.05) is 18.6 Å². The number of halogens is 3. The third-order valence-corrected chi connectivity index (χ3v) is 4.26. The van der Waals surface area contributed by atoms with E-state index < -0.39 is 40.5 Å². The summed E-state index contributed by atoms with van der Waals surface area (Å²) in [6.07, 6.45) is 2.63. The minimum Gasteiger partial charge on any atom is -0.481 e. The molecule has 0 saturated carbocycles. The average molecular weight is 455 g/mol. The van der Waals surface area contributed by atoms with E-state index in [4.69, 9.17) is 30.8 Å². The van der Waals surface area contributed by atoms with Gasteiger partial charge in [0, 0.05) is 6.26 Å². The Kier molecular flexibility index (Phi) is 19.9. The summed E-state index contributed by atoms with van der Waals surface area (Å²) in [6, 6.07) is -0.716. The van der Waals surface area contributed by atoms with E-state index in [2.05, 4.69) is 6.92 Å². The second-order valence-electron chi connectivity index (χ2n) is 6.72. The first-order valence-corrected chi connectivity index (χ1v) is 11.4. The lowest BCUT2D eigenvalue weighted by molar-refractivity contribution is -0.141. The van der Waals surface area contributed by atoms with Gasteiger partial charge in [0.25, 0.3) is 0 Å². The average Bonchev–Trinajstić information content (AvgIpc) is 2.52. The van der Waals surface area contributed by atoms with Crippen LogP contribution in [0.4, 0.5) is 13.2 Å². The number of hydrogen-bond donors (Lipinski definition) is 6. The van der Waals surface area contributed by atoms with Crippen molar-refractivity contribution in [3.8, 4) is 0 Å². The molecule has 0 aliphatic rings. The minimum atomic E-state index is -4.48. The number of nitrogens with two attached hydrogens (primary N) is 2. The van der Waals surface area contributed by atoms with E-state index >= 15 is 0 Å². The Morgan fingerprint density at radius 2 is 1.48 bits per heavy atom. The van der Waals surface area contributed by atoms with Gasteiger partial charge < -0.3 is 21.7 Å². The van der Waals surface area contributed by atoms with E-state index in [0.717, 1.165) is 44.8 Å². The smallest absolute Gasteiger partial charge is 0.405 e. The highest BCUT2D eigenvalue weighted by molar-refractivity contribution is 8.23. The molecule has 0 aromatic heterocycles. The maximum absolute atomic E-state index is 11.3. The van der Waals surface area contributed by atoms with Crippen LogP contribution in [0.1, 0.15) is 58.8 Å². The Labute approximate surface area is 172 Å². The maximum Gasteiger partial charge on any atom is 0.405 e. The fourth-order valence-corrected chi connectivity index (χ4v) is 2.39. The van der Waals surface area contributed by atoms with Crippen molar-refractivity contribution in [3.05, 3.63) is 0 Å². The van der Waals surface area contributed by atoms with Crippen LogP contribution >= 0.6 is 10.6 Å². The molecule has 8 nitrogen and oxygen atoms in total. The van der Waals surface area contributed by atoms with E-state index in [1.807, 2.05) is 0 Å². The highest BCUT2D eigenvalue weighted by Crippen LogP contribution is 2.39. The molecule has 0 heterocycles. The molecular weight excluding hydrogens is 417 g/mol. The highest BCUT2D eigenvalue weighted by atomic mass is 32.3. The molecule has 0 fully saturated rings. The molecule has 0 aromatic rings. The molecule has 0 saturated heterocycles. The van der Waals surface area contributed by atoms with Gasteiger partial charge in [0.2, 0.25) is 0 Å². The summed E-state index contributed by atoms with van der Waals surface area (Å²) in [5, 5.41) is 16.8. The first-order valence-electron chi connectivity index (χ1n) is 9.26. The van der Waals surface area contributed by atoms with Crippen LogP contribution in [0, 0.1) is 5.92 Å². The summed E-state index contributed by atoms with van der Waals surface area (Å²) >= 11 is 0. The molecule has 12 heteroatoms. The molecule has 0 amide bonds. The van der Waals surface area contributed by atoms with Gasteiger partial charge in [-0.05, 0) is 25.8 Å². The number of unbranched alkanes of at least 4 members (excludes halogenated alkanes) is 3. The Morgan fingerprint density at radius 1 is 1.00 bits per heavy atom. The van der Waals surface area contributed by atoms with Gasteiger partial charge in [-0.2, -0.15) is 23.8 Å².